The quantitative estimate of drug-likeness (QED) is 0.808. The lowest BCUT2D eigenvalue weighted by atomic mass is 10.2. The summed E-state index contributed by atoms with van der Waals surface area (Å²) >= 11 is 7.27. The van der Waals surface area contributed by atoms with Crippen molar-refractivity contribution < 1.29 is 14.6 Å². The number of hydrogen-bond acceptors (Lipinski definition) is 4. The monoisotopic (exact) mass is 303 g/mol. The van der Waals surface area contributed by atoms with E-state index in [1.807, 2.05) is 13.2 Å². The van der Waals surface area contributed by atoms with Gasteiger partial charge in [0.1, 0.15) is 5.75 Å². The molecule has 0 heterocycles. The first kappa shape index (κ1) is 16.1. The summed E-state index contributed by atoms with van der Waals surface area (Å²) in [5, 5.41) is 12.5. The van der Waals surface area contributed by atoms with Crippen LogP contribution in [-0.4, -0.2) is 41.8 Å². The molecule has 0 radical (unpaired) electrons. The average molecular weight is 304 g/mol. The molecule has 2 N–H and O–H groups in total. The van der Waals surface area contributed by atoms with Gasteiger partial charge in [0.25, 0.3) is 5.91 Å². The average Bonchev–Trinajstić information content (AvgIpc) is 2.39. The van der Waals surface area contributed by atoms with Crippen LogP contribution in [-0.2, 0) is 4.79 Å². The van der Waals surface area contributed by atoms with E-state index >= 15 is 0 Å². The zero-order valence-electron chi connectivity index (χ0n) is 10.9. The lowest BCUT2D eigenvalue weighted by Crippen LogP contribution is -2.43. The Morgan fingerprint density at radius 2 is 2.11 bits per heavy atom. The zero-order chi connectivity index (χ0) is 14.3. The van der Waals surface area contributed by atoms with E-state index < -0.39 is 0 Å². The Kier molecular flexibility index (Phi) is 7.05. The number of aliphatic hydroxyl groups is 1. The van der Waals surface area contributed by atoms with Crippen molar-refractivity contribution in [2.24, 2.45) is 0 Å². The maximum Gasteiger partial charge on any atom is 0.258 e. The van der Waals surface area contributed by atoms with Crippen molar-refractivity contribution in [2.45, 2.75) is 18.2 Å². The fourth-order valence-electron chi connectivity index (χ4n) is 1.51. The van der Waals surface area contributed by atoms with Gasteiger partial charge in [-0.05, 0) is 37.4 Å². The molecule has 0 spiro atoms. The molecule has 0 saturated carbocycles. The molecule has 2 unspecified atom stereocenters. The molecular weight excluding hydrogens is 286 g/mol. The van der Waals surface area contributed by atoms with Gasteiger partial charge in [0, 0.05) is 16.3 Å². The Labute approximate surface area is 122 Å². The molecule has 1 aromatic carbocycles. The maximum absolute atomic E-state index is 11.7. The SMILES string of the molecule is CSC(CO)C(C)NC(=O)COc1ccc(Cl)cc1. The molecule has 19 heavy (non-hydrogen) atoms. The van der Waals surface area contributed by atoms with E-state index in [1.165, 1.54) is 11.8 Å². The standard InChI is InChI=1S/C13H18ClNO3S/c1-9(12(7-16)19-2)15-13(17)8-18-11-5-3-10(14)4-6-11/h3-6,9,12,16H,7-8H2,1-2H3,(H,15,17). The molecule has 0 aliphatic rings. The second kappa shape index (κ2) is 8.30. The van der Waals surface area contributed by atoms with Gasteiger partial charge in [-0.1, -0.05) is 11.6 Å². The van der Waals surface area contributed by atoms with Crippen molar-refractivity contribution in [1.29, 1.82) is 0 Å². The molecule has 1 rings (SSSR count). The van der Waals surface area contributed by atoms with E-state index in [1.54, 1.807) is 24.3 Å². The van der Waals surface area contributed by atoms with Gasteiger partial charge >= 0.3 is 0 Å². The van der Waals surface area contributed by atoms with Crippen LogP contribution in [0.3, 0.4) is 0 Å². The van der Waals surface area contributed by atoms with E-state index in [-0.39, 0.29) is 30.4 Å². The van der Waals surface area contributed by atoms with Crippen LogP contribution >= 0.6 is 23.4 Å². The summed E-state index contributed by atoms with van der Waals surface area (Å²) < 4.78 is 5.33. The Morgan fingerprint density at radius 3 is 2.63 bits per heavy atom. The molecule has 0 bridgehead atoms. The number of carbonyl (C=O) groups is 1. The number of amides is 1. The molecule has 2 atom stereocenters. The molecule has 0 fully saturated rings. The van der Waals surface area contributed by atoms with Crippen LogP contribution in [0.15, 0.2) is 24.3 Å². The smallest absolute Gasteiger partial charge is 0.258 e. The van der Waals surface area contributed by atoms with Crippen molar-refractivity contribution >= 4 is 29.3 Å². The lowest BCUT2D eigenvalue weighted by molar-refractivity contribution is -0.123. The number of aliphatic hydroxyl groups excluding tert-OH is 1. The number of halogens is 1. The summed E-state index contributed by atoms with van der Waals surface area (Å²) in [5.74, 6) is 0.380. The highest BCUT2D eigenvalue weighted by molar-refractivity contribution is 7.99. The Hall–Kier alpha value is -0.910. The molecule has 6 heteroatoms. The van der Waals surface area contributed by atoms with E-state index in [0.717, 1.165) is 0 Å². The number of carbonyl (C=O) groups excluding carboxylic acids is 1. The molecular formula is C13H18ClNO3S. The van der Waals surface area contributed by atoms with Gasteiger partial charge in [-0.2, -0.15) is 11.8 Å². The zero-order valence-corrected chi connectivity index (χ0v) is 12.5. The summed E-state index contributed by atoms with van der Waals surface area (Å²) in [5.41, 5.74) is 0. The molecule has 0 saturated heterocycles. The number of ether oxygens (including phenoxy) is 1. The van der Waals surface area contributed by atoms with Crippen LogP contribution in [0.4, 0.5) is 0 Å². The van der Waals surface area contributed by atoms with Crippen molar-refractivity contribution in [2.75, 3.05) is 19.5 Å². The molecule has 0 aromatic heterocycles. The minimum Gasteiger partial charge on any atom is -0.484 e. The van der Waals surface area contributed by atoms with Gasteiger partial charge < -0.3 is 15.2 Å². The van der Waals surface area contributed by atoms with Crippen molar-refractivity contribution in [3.8, 4) is 5.75 Å². The van der Waals surface area contributed by atoms with Crippen LogP contribution in [0.1, 0.15) is 6.92 Å². The van der Waals surface area contributed by atoms with E-state index in [2.05, 4.69) is 5.32 Å². The Bertz CT molecular complexity index is 395. The molecule has 4 nitrogen and oxygen atoms in total. The fourth-order valence-corrected chi connectivity index (χ4v) is 2.26. The van der Waals surface area contributed by atoms with Gasteiger partial charge in [-0.3, -0.25) is 4.79 Å². The number of thioether (sulfide) groups is 1. The lowest BCUT2D eigenvalue weighted by Gasteiger charge is -2.21. The third-order valence-corrected chi connectivity index (χ3v) is 4.03. The molecule has 106 valence electrons. The first-order valence-corrected chi connectivity index (χ1v) is 7.54. The van der Waals surface area contributed by atoms with Gasteiger partial charge in [0.2, 0.25) is 0 Å². The van der Waals surface area contributed by atoms with Gasteiger partial charge in [-0.15, -0.1) is 0 Å². The van der Waals surface area contributed by atoms with Crippen LogP contribution in [0.5, 0.6) is 5.75 Å². The maximum atomic E-state index is 11.7. The molecule has 1 aromatic rings. The Morgan fingerprint density at radius 1 is 1.47 bits per heavy atom. The van der Waals surface area contributed by atoms with E-state index in [0.29, 0.717) is 10.8 Å². The third-order valence-electron chi connectivity index (χ3n) is 2.61. The minimum atomic E-state index is -0.213. The summed E-state index contributed by atoms with van der Waals surface area (Å²) in [6.07, 6.45) is 1.90. The summed E-state index contributed by atoms with van der Waals surface area (Å²) in [4.78, 5) is 11.7. The molecule has 0 aliphatic heterocycles. The number of nitrogens with one attached hydrogen (secondary N) is 1. The second-order valence-electron chi connectivity index (χ2n) is 4.06. The number of hydrogen-bond donors (Lipinski definition) is 2. The summed E-state index contributed by atoms with van der Waals surface area (Å²) in [6, 6.07) is 6.70. The highest BCUT2D eigenvalue weighted by atomic mass is 35.5. The largest absolute Gasteiger partial charge is 0.484 e. The van der Waals surface area contributed by atoms with E-state index in [9.17, 15) is 4.79 Å². The summed E-state index contributed by atoms with van der Waals surface area (Å²) in [6.45, 7) is 1.83. The molecule has 1 amide bonds. The first-order chi connectivity index (χ1) is 9.06. The predicted octanol–water partition coefficient (Wildman–Crippen LogP) is 1.95. The second-order valence-corrected chi connectivity index (χ2v) is 5.57. The topological polar surface area (TPSA) is 58.6 Å². The number of benzene rings is 1. The van der Waals surface area contributed by atoms with E-state index in [4.69, 9.17) is 21.4 Å². The van der Waals surface area contributed by atoms with Crippen molar-refractivity contribution in [1.82, 2.24) is 5.32 Å². The molecule has 0 aliphatic carbocycles. The van der Waals surface area contributed by atoms with Crippen LogP contribution in [0.25, 0.3) is 0 Å². The van der Waals surface area contributed by atoms with Crippen LogP contribution < -0.4 is 10.1 Å². The minimum absolute atomic E-state index is 0.0144. The summed E-state index contributed by atoms with van der Waals surface area (Å²) in [7, 11) is 0. The van der Waals surface area contributed by atoms with Crippen molar-refractivity contribution in [3.05, 3.63) is 29.3 Å². The van der Waals surface area contributed by atoms with Gasteiger partial charge in [0.05, 0.1) is 6.61 Å². The van der Waals surface area contributed by atoms with Gasteiger partial charge in [-0.25, -0.2) is 0 Å². The Balaban J connectivity index is 2.37. The van der Waals surface area contributed by atoms with Crippen LogP contribution in [0.2, 0.25) is 5.02 Å². The van der Waals surface area contributed by atoms with Crippen LogP contribution in [0, 0.1) is 0 Å². The highest BCUT2D eigenvalue weighted by Gasteiger charge is 2.17. The third kappa shape index (κ3) is 5.72. The van der Waals surface area contributed by atoms with Gasteiger partial charge in [0.15, 0.2) is 6.61 Å². The first-order valence-electron chi connectivity index (χ1n) is 5.88. The fraction of sp³-hybridized carbons (Fsp3) is 0.462. The normalized spacial score (nSPS) is 13.7. The highest BCUT2D eigenvalue weighted by Crippen LogP contribution is 2.15. The number of rotatable bonds is 7. The van der Waals surface area contributed by atoms with Crippen molar-refractivity contribution in [3.63, 3.8) is 0 Å². The predicted molar refractivity (Wildman–Crippen MR) is 78.9 cm³/mol.